The third kappa shape index (κ3) is 2.60. The number of fused-ring (bicyclic) bond motifs is 2. The molecule has 4 aromatic rings. The summed E-state index contributed by atoms with van der Waals surface area (Å²) in [6, 6.07) is 17.1. The van der Waals surface area contributed by atoms with Gasteiger partial charge in [0, 0.05) is 8.07 Å². The van der Waals surface area contributed by atoms with Crippen LogP contribution < -0.4 is 0 Å². The summed E-state index contributed by atoms with van der Waals surface area (Å²) in [5.74, 6) is 0. The maximum Gasteiger partial charge on any atom is 0.145 e. The SMILES string of the molecule is C[Si](C)(C)CC(n1nnc2ccccc21)n1nnc2ccccc21. The normalized spacial score (nSPS) is 12.5. The predicted molar refractivity (Wildman–Crippen MR) is 97.6 cm³/mol. The fourth-order valence-corrected chi connectivity index (χ4v) is 4.48. The van der Waals surface area contributed by atoms with Crippen LogP contribution in [0.25, 0.3) is 22.1 Å². The van der Waals surface area contributed by atoms with Crippen molar-refractivity contribution in [3.8, 4) is 0 Å². The Balaban J connectivity index is 1.92. The summed E-state index contributed by atoms with van der Waals surface area (Å²) in [7, 11) is -1.38. The van der Waals surface area contributed by atoms with Gasteiger partial charge >= 0.3 is 0 Å². The van der Waals surface area contributed by atoms with Gasteiger partial charge in [0.2, 0.25) is 0 Å². The topological polar surface area (TPSA) is 61.4 Å². The maximum atomic E-state index is 4.44. The van der Waals surface area contributed by atoms with Crippen molar-refractivity contribution in [2.75, 3.05) is 0 Å². The molecule has 4 rings (SSSR count). The number of nitrogens with zero attached hydrogens (tertiary/aromatic N) is 6. The first-order chi connectivity index (χ1) is 11.5. The summed E-state index contributed by atoms with van der Waals surface area (Å²) < 4.78 is 3.99. The Morgan fingerprint density at radius 2 is 1.25 bits per heavy atom. The largest absolute Gasteiger partial charge is 0.220 e. The minimum absolute atomic E-state index is 0.0172. The van der Waals surface area contributed by atoms with Crippen LogP contribution in [0.1, 0.15) is 6.17 Å². The number of benzene rings is 2. The van der Waals surface area contributed by atoms with E-state index in [1.165, 1.54) is 0 Å². The summed E-state index contributed by atoms with van der Waals surface area (Å²) in [5, 5.41) is 17.5. The zero-order valence-electron chi connectivity index (χ0n) is 14.1. The average molecular weight is 336 g/mol. The van der Waals surface area contributed by atoms with Crippen molar-refractivity contribution >= 4 is 30.1 Å². The molecule has 0 aliphatic rings. The summed E-state index contributed by atoms with van der Waals surface area (Å²) in [5.41, 5.74) is 3.87. The van der Waals surface area contributed by atoms with Crippen molar-refractivity contribution in [1.29, 1.82) is 0 Å². The lowest BCUT2D eigenvalue weighted by Gasteiger charge is -2.25. The number of hydrogen-bond donors (Lipinski definition) is 0. The molecule has 0 unspecified atom stereocenters. The second-order valence-corrected chi connectivity index (χ2v) is 12.8. The molecule has 0 saturated carbocycles. The Kier molecular flexibility index (Phi) is 3.45. The van der Waals surface area contributed by atoms with Crippen molar-refractivity contribution in [2.45, 2.75) is 31.9 Å². The molecule has 0 fully saturated rings. The first-order valence-corrected chi connectivity index (χ1v) is 11.8. The molecule has 2 heterocycles. The quantitative estimate of drug-likeness (QED) is 0.535. The fraction of sp³-hybridized carbons (Fsp3) is 0.294. The van der Waals surface area contributed by atoms with Crippen molar-refractivity contribution < 1.29 is 0 Å². The van der Waals surface area contributed by atoms with Gasteiger partial charge in [0.25, 0.3) is 0 Å². The highest BCUT2D eigenvalue weighted by Crippen LogP contribution is 2.27. The van der Waals surface area contributed by atoms with Crippen molar-refractivity contribution in [3.05, 3.63) is 48.5 Å². The summed E-state index contributed by atoms with van der Waals surface area (Å²) in [6.45, 7) is 7.08. The standard InChI is InChI=1S/C17H20N6Si/c1-24(2,3)12-17(22-15-10-6-4-8-13(15)18-20-22)23-16-11-7-5-9-14(16)19-21-23/h4-11,17H,12H2,1-3H3. The van der Waals surface area contributed by atoms with Crippen molar-refractivity contribution in [3.63, 3.8) is 0 Å². The molecule has 2 aromatic heterocycles. The van der Waals surface area contributed by atoms with Crippen LogP contribution in [0.15, 0.2) is 48.5 Å². The molecular formula is C17H20N6Si. The Hall–Kier alpha value is -2.54. The highest BCUT2D eigenvalue weighted by Gasteiger charge is 2.27. The molecule has 0 N–H and O–H groups in total. The zero-order valence-corrected chi connectivity index (χ0v) is 15.1. The van der Waals surface area contributed by atoms with Gasteiger partial charge in [-0.25, -0.2) is 9.36 Å². The molecule has 0 aliphatic carbocycles. The molecule has 0 bridgehead atoms. The molecule has 0 atom stereocenters. The molecule has 0 radical (unpaired) electrons. The first-order valence-electron chi connectivity index (χ1n) is 8.13. The predicted octanol–water partition coefficient (Wildman–Crippen LogP) is 3.56. The number of hydrogen-bond acceptors (Lipinski definition) is 4. The van der Waals surface area contributed by atoms with E-state index in [4.69, 9.17) is 0 Å². The van der Waals surface area contributed by atoms with Gasteiger partial charge in [0.15, 0.2) is 0 Å². The van der Waals surface area contributed by atoms with E-state index in [0.717, 1.165) is 28.1 Å². The van der Waals surface area contributed by atoms with Crippen molar-refractivity contribution in [2.24, 2.45) is 0 Å². The molecule has 122 valence electrons. The third-order valence-corrected chi connectivity index (χ3v) is 5.70. The minimum Gasteiger partial charge on any atom is -0.220 e. The van der Waals surface area contributed by atoms with E-state index in [-0.39, 0.29) is 6.17 Å². The third-order valence-electron chi connectivity index (χ3n) is 4.11. The molecule has 0 amide bonds. The second-order valence-electron chi connectivity index (χ2n) is 7.29. The lowest BCUT2D eigenvalue weighted by atomic mass is 10.3. The van der Waals surface area contributed by atoms with Crippen LogP contribution in [-0.4, -0.2) is 38.1 Å². The number of para-hydroxylation sites is 2. The highest BCUT2D eigenvalue weighted by atomic mass is 28.3. The van der Waals surface area contributed by atoms with Crippen LogP contribution in [0.4, 0.5) is 0 Å². The highest BCUT2D eigenvalue weighted by molar-refractivity contribution is 6.76. The van der Waals surface area contributed by atoms with Crippen LogP contribution in [-0.2, 0) is 0 Å². The lowest BCUT2D eigenvalue weighted by Crippen LogP contribution is -2.31. The van der Waals surface area contributed by atoms with Crippen LogP contribution in [0.5, 0.6) is 0 Å². The minimum atomic E-state index is -1.38. The van der Waals surface area contributed by atoms with Gasteiger partial charge in [-0.15, -0.1) is 10.2 Å². The Bertz CT molecular complexity index is 923. The van der Waals surface area contributed by atoms with E-state index in [1.807, 2.05) is 45.8 Å². The Morgan fingerprint density at radius 3 is 1.71 bits per heavy atom. The molecule has 0 spiro atoms. The zero-order chi connectivity index (χ0) is 16.7. The molecule has 6 nitrogen and oxygen atoms in total. The monoisotopic (exact) mass is 336 g/mol. The summed E-state index contributed by atoms with van der Waals surface area (Å²) >= 11 is 0. The molecule has 7 heteroatoms. The van der Waals surface area contributed by atoms with Crippen LogP contribution in [0, 0.1) is 0 Å². The van der Waals surface area contributed by atoms with E-state index in [1.54, 1.807) is 0 Å². The molecule has 0 aliphatic heterocycles. The van der Waals surface area contributed by atoms with Gasteiger partial charge in [-0.05, 0) is 30.3 Å². The lowest BCUT2D eigenvalue weighted by molar-refractivity contribution is 0.390. The van der Waals surface area contributed by atoms with E-state index in [0.29, 0.717) is 0 Å². The Morgan fingerprint density at radius 1 is 0.792 bits per heavy atom. The van der Waals surface area contributed by atoms with E-state index in [9.17, 15) is 0 Å². The molecule has 0 saturated heterocycles. The van der Waals surface area contributed by atoms with E-state index in [2.05, 4.69) is 52.4 Å². The molecule has 2 aromatic carbocycles. The Labute approximate surface area is 141 Å². The molecular weight excluding hydrogens is 316 g/mol. The van der Waals surface area contributed by atoms with Gasteiger partial charge in [0.05, 0.1) is 11.0 Å². The number of aromatic nitrogens is 6. The summed E-state index contributed by atoms with van der Waals surface area (Å²) in [4.78, 5) is 0. The van der Waals surface area contributed by atoms with Gasteiger partial charge in [0.1, 0.15) is 17.2 Å². The van der Waals surface area contributed by atoms with Gasteiger partial charge in [-0.1, -0.05) is 54.3 Å². The molecule has 24 heavy (non-hydrogen) atoms. The smallest absolute Gasteiger partial charge is 0.145 e. The van der Waals surface area contributed by atoms with Crippen molar-refractivity contribution in [1.82, 2.24) is 30.0 Å². The van der Waals surface area contributed by atoms with Gasteiger partial charge < -0.3 is 0 Å². The van der Waals surface area contributed by atoms with Crippen LogP contribution in [0.3, 0.4) is 0 Å². The van der Waals surface area contributed by atoms with Crippen LogP contribution in [0.2, 0.25) is 25.7 Å². The summed E-state index contributed by atoms with van der Waals surface area (Å²) in [6.07, 6.45) is -0.0172. The fourth-order valence-electron chi connectivity index (χ4n) is 3.04. The van der Waals surface area contributed by atoms with E-state index < -0.39 is 8.07 Å². The second kappa shape index (κ2) is 5.52. The first kappa shape index (κ1) is 15.0. The van der Waals surface area contributed by atoms with E-state index >= 15 is 0 Å². The van der Waals surface area contributed by atoms with Gasteiger partial charge in [-0.2, -0.15) is 0 Å². The number of rotatable bonds is 4. The maximum absolute atomic E-state index is 4.44. The average Bonchev–Trinajstić information content (AvgIpc) is 3.16. The van der Waals surface area contributed by atoms with Crippen LogP contribution >= 0.6 is 0 Å². The van der Waals surface area contributed by atoms with Gasteiger partial charge in [-0.3, -0.25) is 0 Å².